The number of hydrogen-bond acceptors (Lipinski definition) is 3. The molecule has 3 nitrogen and oxygen atoms in total. The van der Waals surface area contributed by atoms with Gasteiger partial charge in [0, 0.05) is 11.6 Å². The van der Waals surface area contributed by atoms with Crippen molar-refractivity contribution in [1.29, 1.82) is 5.26 Å². The van der Waals surface area contributed by atoms with Crippen LogP contribution in [-0.4, -0.2) is 20.1 Å². The smallest absolute Gasteiger partial charge is 0.101 e. The lowest BCUT2D eigenvalue weighted by molar-refractivity contribution is 0.569. The Morgan fingerprint density at radius 2 is 2.19 bits per heavy atom. The first-order valence-electron chi connectivity index (χ1n) is 5.25. The second kappa shape index (κ2) is 6.37. The molecule has 16 heavy (non-hydrogen) atoms. The van der Waals surface area contributed by atoms with Crippen LogP contribution in [-0.2, 0) is 0 Å². The highest BCUT2D eigenvalue weighted by Gasteiger charge is 2.04. The Labute approximate surface area is 101 Å². The molecule has 0 radical (unpaired) electrons. The van der Waals surface area contributed by atoms with Crippen molar-refractivity contribution in [3.05, 3.63) is 28.8 Å². The van der Waals surface area contributed by atoms with E-state index < -0.39 is 0 Å². The Kier molecular flexibility index (Phi) is 5.10. The minimum atomic E-state index is 0.507. The van der Waals surface area contributed by atoms with Crippen molar-refractivity contribution in [2.24, 2.45) is 5.92 Å². The Balaban J connectivity index is 2.64. The van der Waals surface area contributed by atoms with Crippen LogP contribution in [0.25, 0.3) is 0 Å². The molecule has 0 heterocycles. The summed E-state index contributed by atoms with van der Waals surface area (Å²) in [7, 11) is 1.93. The minimum absolute atomic E-state index is 0.507. The zero-order chi connectivity index (χ0) is 12.0. The van der Waals surface area contributed by atoms with Gasteiger partial charge < -0.3 is 10.6 Å². The van der Waals surface area contributed by atoms with Crippen LogP contribution in [0.4, 0.5) is 5.69 Å². The van der Waals surface area contributed by atoms with Crippen molar-refractivity contribution in [2.45, 2.75) is 6.92 Å². The van der Waals surface area contributed by atoms with Crippen molar-refractivity contribution in [1.82, 2.24) is 5.32 Å². The highest BCUT2D eigenvalue weighted by molar-refractivity contribution is 6.30. The standard InChI is InChI=1S/C12H16ClN3/c1-9(7-15-2)8-16-12-4-3-11(13)5-10(12)6-14/h3-5,9,15-16H,7-8H2,1-2H3. The summed E-state index contributed by atoms with van der Waals surface area (Å²) in [5.74, 6) is 0.507. The van der Waals surface area contributed by atoms with E-state index in [9.17, 15) is 0 Å². The predicted molar refractivity (Wildman–Crippen MR) is 67.7 cm³/mol. The van der Waals surface area contributed by atoms with Crippen LogP contribution in [0.15, 0.2) is 18.2 Å². The number of nitriles is 1. The Morgan fingerprint density at radius 3 is 2.81 bits per heavy atom. The van der Waals surface area contributed by atoms with E-state index in [1.807, 2.05) is 13.1 Å². The van der Waals surface area contributed by atoms with Gasteiger partial charge in [0.2, 0.25) is 0 Å². The van der Waals surface area contributed by atoms with Crippen molar-refractivity contribution in [2.75, 3.05) is 25.5 Å². The number of nitrogens with one attached hydrogen (secondary N) is 2. The average molecular weight is 238 g/mol. The summed E-state index contributed by atoms with van der Waals surface area (Å²) in [4.78, 5) is 0. The molecule has 4 heteroatoms. The number of benzene rings is 1. The minimum Gasteiger partial charge on any atom is -0.384 e. The van der Waals surface area contributed by atoms with Gasteiger partial charge in [0.05, 0.1) is 11.3 Å². The summed E-state index contributed by atoms with van der Waals surface area (Å²) in [6.45, 7) is 3.92. The molecule has 0 spiro atoms. The average Bonchev–Trinajstić information content (AvgIpc) is 2.27. The zero-order valence-corrected chi connectivity index (χ0v) is 10.3. The van der Waals surface area contributed by atoms with Crippen molar-refractivity contribution in [3.63, 3.8) is 0 Å². The van der Waals surface area contributed by atoms with Crippen LogP contribution in [0.2, 0.25) is 5.02 Å². The van der Waals surface area contributed by atoms with Gasteiger partial charge in [-0.05, 0) is 37.7 Å². The molecule has 0 aliphatic carbocycles. The van der Waals surface area contributed by atoms with Gasteiger partial charge in [-0.1, -0.05) is 18.5 Å². The fraction of sp³-hybridized carbons (Fsp3) is 0.417. The maximum Gasteiger partial charge on any atom is 0.101 e. The van der Waals surface area contributed by atoms with E-state index in [0.29, 0.717) is 16.5 Å². The third-order valence-electron chi connectivity index (χ3n) is 2.30. The summed E-state index contributed by atoms with van der Waals surface area (Å²) in [6.07, 6.45) is 0. The first kappa shape index (κ1) is 12.8. The molecule has 0 bridgehead atoms. The van der Waals surface area contributed by atoms with E-state index in [4.69, 9.17) is 16.9 Å². The molecule has 86 valence electrons. The maximum absolute atomic E-state index is 8.95. The normalized spacial score (nSPS) is 11.9. The molecule has 1 aromatic rings. The van der Waals surface area contributed by atoms with E-state index in [0.717, 1.165) is 18.8 Å². The molecular formula is C12H16ClN3. The third kappa shape index (κ3) is 3.73. The third-order valence-corrected chi connectivity index (χ3v) is 2.53. The highest BCUT2D eigenvalue weighted by Crippen LogP contribution is 2.19. The molecular weight excluding hydrogens is 222 g/mol. The summed E-state index contributed by atoms with van der Waals surface area (Å²) in [6, 6.07) is 7.43. The molecule has 0 aromatic heterocycles. The first-order chi connectivity index (χ1) is 7.67. The van der Waals surface area contributed by atoms with E-state index in [1.165, 1.54) is 0 Å². The van der Waals surface area contributed by atoms with Gasteiger partial charge >= 0.3 is 0 Å². The van der Waals surface area contributed by atoms with Gasteiger partial charge in [0.15, 0.2) is 0 Å². The largest absolute Gasteiger partial charge is 0.384 e. The topological polar surface area (TPSA) is 47.8 Å². The lowest BCUT2D eigenvalue weighted by Crippen LogP contribution is -2.23. The van der Waals surface area contributed by atoms with E-state index in [1.54, 1.807) is 12.1 Å². The highest BCUT2D eigenvalue weighted by atomic mass is 35.5. The number of hydrogen-bond donors (Lipinski definition) is 2. The number of nitrogens with zero attached hydrogens (tertiary/aromatic N) is 1. The Morgan fingerprint density at radius 1 is 1.44 bits per heavy atom. The fourth-order valence-corrected chi connectivity index (χ4v) is 1.64. The lowest BCUT2D eigenvalue weighted by atomic mass is 10.1. The molecule has 0 amide bonds. The number of rotatable bonds is 5. The van der Waals surface area contributed by atoms with Crippen LogP contribution >= 0.6 is 11.6 Å². The Bertz CT molecular complexity index is 384. The van der Waals surface area contributed by atoms with Gasteiger partial charge in [0.1, 0.15) is 6.07 Å². The van der Waals surface area contributed by atoms with Gasteiger partial charge in [0.25, 0.3) is 0 Å². The van der Waals surface area contributed by atoms with E-state index in [2.05, 4.69) is 23.6 Å². The summed E-state index contributed by atoms with van der Waals surface area (Å²) in [5, 5.41) is 15.9. The van der Waals surface area contributed by atoms with Gasteiger partial charge in [-0.25, -0.2) is 0 Å². The van der Waals surface area contributed by atoms with Gasteiger partial charge in [-0.15, -0.1) is 0 Å². The number of halogens is 1. The maximum atomic E-state index is 8.95. The van der Waals surface area contributed by atoms with Crippen molar-refractivity contribution < 1.29 is 0 Å². The molecule has 0 aliphatic heterocycles. The summed E-state index contributed by atoms with van der Waals surface area (Å²) >= 11 is 5.82. The van der Waals surface area contributed by atoms with Gasteiger partial charge in [-0.3, -0.25) is 0 Å². The zero-order valence-electron chi connectivity index (χ0n) is 9.55. The summed E-state index contributed by atoms with van der Waals surface area (Å²) < 4.78 is 0. The monoisotopic (exact) mass is 237 g/mol. The van der Waals surface area contributed by atoms with Crippen LogP contribution < -0.4 is 10.6 Å². The molecule has 1 rings (SSSR count). The molecule has 1 atom stereocenters. The Hall–Kier alpha value is -1.24. The van der Waals surface area contributed by atoms with E-state index >= 15 is 0 Å². The van der Waals surface area contributed by atoms with Crippen LogP contribution in [0.3, 0.4) is 0 Å². The van der Waals surface area contributed by atoms with Crippen LogP contribution in [0.5, 0.6) is 0 Å². The van der Waals surface area contributed by atoms with Crippen molar-refractivity contribution in [3.8, 4) is 6.07 Å². The molecule has 1 aromatic carbocycles. The molecule has 0 saturated carbocycles. The quantitative estimate of drug-likeness (QED) is 0.827. The van der Waals surface area contributed by atoms with Gasteiger partial charge in [-0.2, -0.15) is 5.26 Å². The predicted octanol–water partition coefficient (Wildman–Crippen LogP) is 2.48. The molecule has 1 unspecified atom stereocenters. The van der Waals surface area contributed by atoms with Crippen LogP contribution in [0, 0.1) is 17.2 Å². The number of anilines is 1. The second-order valence-corrected chi connectivity index (χ2v) is 4.28. The van der Waals surface area contributed by atoms with E-state index in [-0.39, 0.29) is 0 Å². The molecule has 0 fully saturated rings. The second-order valence-electron chi connectivity index (χ2n) is 3.85. The fourth-order valence-electron chi connectivity index (χ4n) is 1.47. The lowest BCUT2D eigenvalue weighted by Gasteiger charge is -2.13. The van der Waals surface area contributed by atoms with Crippen LogP contribution in [0.1, 0.15) is 12.5 Å². The first-order valence-corrected chi connectivity index (χ1v) is 5.63. The molecule has 2 N–H and O–H groups in total. The molecule has 0 aliphatic rings. The van der Waals surface area contributed by atoms with Crippen molar-refractivity contribution >= 4 is 17.3 Å². The summed E-state index contributed by atoms with van der Waals surface area (Å²) in [5.41, 5.74) is 1.43. The molecule has 0 saturated heterocycles. The SMILES string of the molecule is CNCC(C)CNc1ccc(Cl)cc1C#N.